The lowest BCUT2D eigenvalue weighted by Gasteiger charge is -2.07. The second-order valence-corrected chi connectivity index (χ2v) is 3.67. The molecule has 0 spiro atoms. The molecule has 2 aliphatic heterocycles. The smallest absolute Gasteiger partial charge is 0.447 e. The second kappa shape index (κ2) is 3.22. The number of benzene rings is 1. The zero-order valence-electron chi connectivity index (χ0n) is 8.41. The van der Waals surface area contributed by atoms with E-state index < -0.39 is 12.4 Å². The second-order valence-electron chi connectivity index (χ2n) is 3.67. The van der Waals surface area contributed by atoms with E-state index in [4.69, 9.17) is 4.74 Å². The SMILES string of the molecule is O=C1N[C@@H](c2ccc3c(c2)OC(F)(F)O3)CO1. The first-order valence-electron chi connectivity index (χ1n) is 4.87. The van der Waals surface area contributed by atoms with Gasteiger partial charge in [-0.3, -0.25) is 0 Å². The van der Waals surface area contributed by atoms with Crippen molar-refractivity contribution in [1.29, 1.82) is 0 Å². The van der Waals surface area contributed by atoms with E-state index in [0.29, 0.717) is 5.56 Å². The number of rotatable bonds is 1. The number of alkyl carbamates (subject to hydrolysis) is 1. The average molecular weight is 243 g/mol. The largest absolute Gasteiger partial charge is 0.586 e. The lowest BCUT2D eigenvalue weighted by Crippen LogP contribution is -2.26. The monoisotopic (exact) mass is 243 g/mol. The van der Waals surface area contributed by atoms with Crippen molar-refractivity contribution in [3.05, 3.63) is 23.8 Å². The Labute approximate surface area is 94.3 Å². The quantitative estimate of drug-likeness (QED) is 0.816. The van der Waals surface area contributed by atoms with E-state index >= 15 is 0 Å². The van der Waals surface area contributed by atoms with Crippen LogP contribution in [0.2, 0.25) is 0 Å². The molecule has 0 unspecified atom stereocenters. The minimum absolute atomic E-state index is 0.0241. The van der Waals surface area contributed by atoms with Gasteiger partial charge in [-0.15, -0.1) is 8.78 Å². The molecule has 1 amide bonds. The standard InChI is InChI=1S/C10H7F2NO4/c11-10(12)16-7-2-1-5(3-8(7)17-10)6-4-15-9(14)13-6/h1-3,6H,4H2,(H,13,14)/t6-/m1/s1. The Morgan fingerprint density at radius 3 is 2.76 bits per heavy atom. The predicted molar refractivity (Wildman–Crippen MR) is 49.9 cm³/mol. The Kier molecular flexibility index (Phi) is 1.92. The highest BCUT2D eigenvalue weighted by Gasteiger charge is 2.43. The number of cyclic esters (lactones) is 1. The van der Waals surface area contributed by atoms with Crippen molar-refractivity contribution in [2.24, 2.45) is 0 Å². The summed E-state index contributed by atoms with van der Waals surface area (Å²) >= 11 is 0. The van der Waals surface area contributed by atoms with Gasteiger partial charge < -0.3 is 19.5 Å². The first-order chi connectivity index (χ1) is 8.03. The third kappa shape index (κ3) is 1.73. The molecule has 1 aromatic carbocycles. The molecule has 0 aliphatic carbocycles. The summed E-state index contributed by atoms with van der Waals surface area (Å²) < 4.78 is 38.8. The fourth-order valence-corrected chi connectivity index (χ4v) is 1.75. The molecule has 0 radical (unpaired) electrons. The number of ether oxygens (including phenoxy) is 3. The van der Waals surface area contributed by atoms with Gasteiger partial charge in [0.05, 0.1) is 6.04 Å². The van der Waals surface area contributed by atoms with Gasteiger partial charge in [-0.05, 0) is 17.7 Å². The summed E-state index contributed by atoms with van der Waals surface area (Å²) in [5, 5.41) is 2.54. The Hall–Kier alpha value is -2.05. The van der Waals surface area contributed by atoms with Crippen molar-refractivity contribution < 1.29 is 27.8 Å². The van der Waals surface area contributed by atoms with Crippen LogP contribution in [0.25, 0.3) is 0 Å². The van der Waals surface area contributed by atoms with Crippen LogP contribution < -0.4 is 14.8 Å². The molecule has 0 saturated carbocycles. The molecule has 0 aromatic heterocycles. The summed E-state index contributed by atoms with van der Waals surface area (Å²) in [6.07, 6.45) is -4.16. The molecule has 2 aliphatic rings. The molecule has 1 aromatic rings. The molecular weight excluding hydrogens is 236 g/mol. The number of halogens is 2. The van der Waals surface area contributed by atoms with Gasteiger partial charge in [0.2, 0.25) is 0 Å². The molecule has 5 nitrogen and oxygen atoms in total. The summed E-state index contributed by atoms with van der Waals surface area (Å²) in [5.41, 5.74) is 0.621. The molecule has 1 N–H and O–H groups in total. The van der Waals surface area contributed by atoms with Gasteiger partial charge in [-0.1, -0.05) is 6.07 Å². The number of amides is 1. The van der Waals surface area contributed by atoms with Crippen molar-refractivity contribution in [3.8, 4) is 11.5 Å². The summed E-state index contributed by atoms with van der Waals surface area (Å²) in [6, 6.07) is 3.99. The Morgan fingerprint density at radius 2 is 2.06 bits per heavy atom. The minimum Gasteiger partial charge on any atom is -0.447 e. The van der Waals surface area contributed by atoms with Crippen LogP contribution >= 0.6 is 0 Å². The van der Waals surface area contributed by atoms with Crippen LogP contribution in [-0.4, -0.2) is 19.0 Å². The van der Waals surface area contributed by atoms with E-state index in [1.165, 1.54) is 12.1 Å². The van der Waals surface area contributed by atoms with Crippen molar-refractivity contribution >= 4 is 6.09 Å². The van der Waals surface area contributed by atoms with Crippen LogP contribution in [0.4, 0.5) is 13.6 Å². The van der Waals surface area contributed by atoms with E-state index in [1.54, 1.807) is 6.07 Å². The highest BCUT2D eigenvalue weighted by atomic mass is 19.3. The third-order valence-corrected chi connectivity index (χ3v) is 2.50. The summed E-state index contributed by atoms with van der Waals surface area (Å²) in [4.78, 5) is 10.9. The van der Waals surface area contributed by atoms with Crippen molar-refractivity contribution in [2.45, 2.75) is 12.3 Å². The highest BCUT2D eigenvalue weighted by Crippen LogP contribution is 2.42. The lowest BCUT2D eigenvalue weighted by atomic mass is 10.1. The molecule has 2 heterocycles. The van der Waals surface area contributed by atoms with Crippen LogP contribution in [0.15, 0.2) is 18.2 Å². The zero-order chi connectivity index (χ0) is 12.0. The summed E-state index contributed by atoms with van der Waals surface area (Å²) in [7, 11) is 0. The Bertz CT molecular complexity index is 491. The van der Waals surface area contributed by atoms with E-state index in [1.807, 2.05) is 0 Å². The lowest BCUT2D eigenvalue weighted by molar-refractivity contribution is -0.286. The molecule has 90 valence electrons. The molecule has 1 fully saturated rings. The molecular formula is C10H7F2NO4. The van der Waals surface area contributed by atoms with Crippen LogP contribution in [0, 0.1) is 0 Å². The fraction of sp³-hybridized carbons (Fsp3) is 0.300. The third-order valence-electron chi connectivity index (χ3n) is 2.50. The predicted octanol–water partition coefficient (Wildman–Crippen LogP) is 1.79. The molecule has 17 heavy (non-hydrogen) atoms. The van der Waals surface area contributed by atoms with Crippen LogP contribution in [0.3, 0.4) is 0 Å². The topological polar surface area (TPSA) is 56.8 Å². The van der Waals surface area contributed by atoms with Crippen molar-refractivity contribution in [2.75, 3.05) is 6.61 Å². The molecule has 0 bridgehead atoms. The Morgan fingerprint density at radius 1 is 1.29 bits per heavy atom. The van der Waals surface area contributed by atoms with Crippen molar-refractivity contribution in [1.82, 2.24) is 5.32 Å². The number of alkyl halides is 2. The number of carbonyl (C=O) groups excluding carboxylic acids is 1. The first kappa shape index (κ1) is 10.1. The maximum absolute atomic E-state index is 12.8. The van der Waals surface area contributed by atoms with Gasteiger partial charge in [0, 0.05) is 0 Å². The molecule has 1 saturated heterocycles. The van der Waals surface area contributed by atoms with Crippen LogP contribution in [0.5, 0.6) is 11.5 Å². The van der Waals surface area contributed by atoms with Crippen molar-refractivity contribution in [3.63, 3.8) is 0 Å². The average Bonchev–Trinajstić information content (AvgIpc) is 2.78. The van der Waals surface area contributed by atoms with Crippen LogP contribution in [0.1, 0.15) is 11.6 Å². The van der Waals surface area contributed by atoms with E-state index in [-0.39, 0.29) is 24.1 Å². The number of hydrogen-bond acceptors (Lipinski definition) is 4. The van der Waals surface area contributed by atoms with E-state index in [9.17, 15) is 13.6 Å². The molecule has 1 atom stereocenters. The van der Waals surface area contributed by atoms with E-state index in [2.05, 4.69) is 14.8 Å². The van der Waals surface area contributed by atoms with Gasteiger partial charge in [0.1, 0.15) is 6.61 Å². The van der Waals surface area contributed by atoms with E-state index in [0.717, 1.165) is 0 Å². The maximum Gasteiger partial charge on any atom is 0.586 e. The number of fused-ring (bicyclic) bond motifs is 1. The first-order valence-corrected chi connectivity index (χ1v) is 4.87. The number of hydrogen-bond donors (Lipinski definition) is 1. The molecule has 7 heteroatoms. The number of carbonyl (C=O) groups is 1. The Balaban J connectivity index is 1.88. The van der Waals surface area contributed by atoms with Gasteiger partial charge in [-0.25, -0.2) is 4.79 Å². The summed E-state index contributed by atoms with van der Waals surface area (Å²) in [5.74, 6) is -0.0716. The number of nitrogens with one attached hydrogen (secondary N) is 1. The van der Waals surface area contributed by atoms with Gasteiger partial charge in [-0.2, -0.15) is 0 Å². The van der Waals surface area contributed by atoms with Crippen LogP contribution in [-0.2, 0) is 4.74 Å². The zero-order valence-corrected chi connectivity index (χ0v) is 8.41. The summed E-state index contributed by atoms with van der Waals surface area (Å²) in [6.45, 7) is 0.162. The van der Waals surface area contributed by atoms with Gasteiger partial charge >= 0.3 is 12.4 Å². The minimum atomic E-state index is -3.63. The maximum atomic E-state index is 12.8. The molecule has 3 rings (SSSR count). The highest BCUT2D eigenvalue weighted by molar-refractivity contribution is 5.70. The fourth-order valence-electron chi connectivity index (χ4n) is 1.75. The normalized spacial score (nSPS) is 24.4. The van der Waals surface area contributed by atoms with Gasteiger partial charge in [0.15, 0.2) is 11.5 Å². The van der Waals surface area contributed by atoms with Gasteiger partial charge in [0.25, 0.3) is 0 Å².